The lowest BCUT2D eigenvalue weighted by molar-refractivity contribution is 0.375. The molecule has 4 rings (SSSR count). The van der Waals surface area contributed by atoms with Gasteiger partial charge in [0.05, 0.1) is 10.8 Å². The Morgan fingerprint density at radius 2 is 1.13 bits per heavy atom. The molecule has 160 valence electrons. The van der Waals surface area contributed by atoms with Gasteiger partial charge in [-0.2, -0.15) is 0 Å². The molecule has 1 aliphatic heterocycles. The quantitative estimate of drug-likeness (QED) is 0.500. The van der Waals surface area contributed by atoms with Crippen molar-refractivity contribution in [2.45, 2.75) is 44.8 Å². The maximum absolute atomic E-state index is 2.54. The van der Waals surface area contributed by atoms with Crippen LogP contribution in [0.25, 0.3) is 0 Å². The third kappa shape index (κ3) is 3.14. The normalized spacial score (nSPS) is 19.5. The Balaban J connectivity index is 2.12. The lowest BCUT2D eigenvalue weighted by Crippen LogP contribution is -2.80. The maximum Gasteiger partial charge on any atom is 0.157 e. The topological polar surface area (TPSA) is 6.48 Å². The molecule has 3 aromatic carbocycles. The third-order valence-electron chi connectivity index (χ3n) is 7.04. The average Bonchev–Trinajstić information content (AvgIpc) is 2.98. The molecule has 0 N–H and O–H groups in total. The van der Waals surface area contributed by atoms with E-state index in [0.717, 1.165) is 0 Å². The van der Waals surface area contributed by atoms with Crippen molar-refractivity contribution in [1.29, 1.82) is 0 Å². The molecular formula is C28H34N2Si. The van der Waals surface area contributed by atoms with Crippen LogP contribution in [0.3, 0.4) is 0 Å². The van der Waals surface area contributed by atoms with E-state index in [4.69, 9.17) is 0 Å². The number of hydrogen-bond acceptors (Lipinski definition) is 2. The minimum atomic E-state index is -2.46. The summed E-state index contributed by atoms with van der Waals surface area (Å²) in [5.74, 6) is 0. The van der Waals surface area contributed by atoms with Gasteiger partial charge in [0, 0.05) is 12.7 Å². The molecule has 0 amide bonds. The smallest absolute Gasteiger partial charge is 0.157 e. The van der Waals surface area contributed by atoms with Gasteiger partial charge in [0.2, 0.25) is 0 Å². The van der Waals surface area contributed by atoms with Crippen molar-refractivity contribution < 1.29 is 0 Å². The van der Waals surface area contributed by atoms with Crippen molar-refractivity contribution in [2.75, 3.05) is 12.1 Å². The molecule has 1 aliphatic rings. The first kappa shape index (κ1) is 21.4. The van der Waals surface area contributed by atoms with Crippen LogP contribution in [0.4, 0.5) is 5.69 Å². The molecule has 2 nitrogen and oxygen atoms in total. The van der Waals surface area contributed by atoms with E-state index in [-0.39, 0.29) is 10.2 Å². The highest BCUT2D eigenvalue weighted by Gasteiger charge is 2.63. The Morgan fingerprint density at radius 1 is 0.710 bits per heavy atom. The number of nitrogens with zero attached hydrogens (tertiary/aromatic N) is 2. The second kappa shape index (κ2) is 7.72. The minimum Gasteiger partial charge on any atom is -0.293 e. The molecule has 31 heavy (non-hydrogen) atoms. The van der Waals surface area contributed by atoms with E-state index in [9.17, 15) is 0 Å². The number of benzene rings is 3. The Labute approximate surface area is 188 Å². The fourth-order valence-corrected chi connectivity index (χ4v) is 13.2. The fourth-order valence-electron chi connectivity index (χ4n) is 6.06. The number of allylic oxidation sites excluding steroid dienone is 1. The van der Waals surface area contributed by atoms with Crippen molar-refractivity contribution in [3.05, 3.63) is 103 Å². The highest BCUT2D eigenvalue weighted by Crippen LogP contribution is 2.50. The average molecular weight is 427 g/mol. The molecule has 1 atom stereocenters. The van der Waals surface area contributed by atoms with Gasteiger partial charge in [-0.05, 0) is 37.1 Å². The highest BCUT2D eigenvalue weighted by molar-refractivity contribution is 7.07. The first-order valence-corrected chi connectivity index (χ1v) is 13.1. The predicted octanol–water partition coefficient (Wildman–Crippen LogP) is 5.62. The Hall–Kier alpha value is -2.78. The van der Waals surface area contributed by atoms with Crippen LogP contribution in [0.1, 0.15) is 34.6 Å². The van der Waals surface area contributed by atoms with Crippen molar-refractivity contribution in [2.24, 2.45) is 0 Å². The van der Waals surface area contributed by atoms with Crippen molar-refractivity contribution >= 4 is 24.1 Å². The summed E-state index contributed by atoms with van der Waals surface area (Å²) in [6.07, 6.45) is 2.53. The predicted molar refractivity (Wildman–Crippen MR) is 136 cm³/mol. The van der Waals surface area contributed by atoms with Gasteiger partial charge in [0.25, 0.3) is 0 Å². The van der Waals surface area contributed by atoms with Gasteiger partial charge in [-0.1, -0.05) is 110 Å². The largest absolute Gasteiger partial charge is 0.293 e. The van der Waals surface area contributed by atoms with Gasteiger partial charge in [-0.15, -0.1) is 0 Å². The van der Waals surface area contributed by atoms with E-state index in [1.54, 1.807) is 0 Å². The molecular weight excluding hydrogens is 392 g/mol. The molecule has 0 fully saturated rings. The van der Waals surface area contributed by atoms with Gasteiger partial charge in [-0.25, -0.2) is 0 Å². The number of hydrogen-bond donors (Lipinski definition) is 0. The molecule has 1 heterocycles. The summed E-state index contributed by atoms with van der Waals surface area (Å²) in [7, 11) is -0.266. The van der Waals surface area contributed by atoms with Gasteiger partial charge in [0.15, 0.2) is 8.07 Å². The zero-order valence-corrected chi connectivity index (χ0v) is 20.6. The van der Waals surface area contributed by atoms with Crippen LogP contribution in [-0.4, -0.2) is 25.3 Å². The number of para-hydroxylation sites is 1. The van der Waals surface area contributed by atoms with E-state index < -0.39 is 8.07 Å². The van der Waals surface area contributed by atoms with E-state index in [2.05, 4.69) is 149 Å². The molecule has 3 heteroatoms. The van der Waals surface area contributed by atoms with Gasteiger partial charge in [-0.3, -0.25) is 10.0 Å². The lowest BCUT2D eigenvalue weighted by Gasteiger charge is -2.57. The Kier molecular flexibility index (Phi) is 5.34. The standard InChI is InChI=1S/C28H34N2Si/c1-23-22-28(5,30(29(23)6)24-16-10-7-11-17-24)31(27(2,3)4,25-18-12-8-13-19-25)26-20-14-9-15-21-26/h7-22H,1-6H3. The highest BCUT2D eigenvalue weighted by atomic mass is 28.3. The monoisotopic (exact) mass is 426 g/mol. The van der Waals surface area contributed by atoms with E-state index in [0.29, 0.717) is 0 Å². The first-order chi connectivity index (χ1) is 14.7. The second-order valence-corrected chi connectivity index (χ2v) is 15.0. The second-order valence-electron chi connectivity index (χ2n) is 9.84. The lowest BCUT2D eigenvalue weighted by atomic mass is 10.2. The number of hydrazine groups is 1. The zero-order chi connectivity index (χ0) is 22.3. The SMILES string of the molecule is CC1=CC(C)([Si](c2ccccc2)(c2ccccc2)C(C)(C)C)N(c2ccccc2)N1C. The Bertz CT molecular complexity index is 1010. The van der Waals surface area contributed by atoms with Crippen LogP contribution in [0, 0.1) is 0 Å². The summed E-state index contributed by atoms with van der Waals surface area (Å²) in [5, 5.41) is 7.68. The van der Waals surface area contributed by atoms with Crippen LogP contribution in [0.5, 0.6) is 0 Å². The molecule has 0 spiro atoms. The summed E-state index contributed by atoms with van der Waals surface area (Å²) >= 11 is 0. The summed E-state index contributed by atoms with van der Waals surface area (Å²) in [4.78, 5) is 0. The van der Waals surface area contributed by atoms with E-state index >= 15 is 0 Å². The maximum atomic E-state index is 2.54. The number of anilines is 1. The van der Waals surface area contributed by atoms with Crippen LogP contribution in [0.2, 0.25) is 5.04 Å². The van der Waals surface area contributed by atoms with Crippen LogP contribution < -0.4 is 15.4 Å². The number of rotatable bonds is 4. The molecule has 0 saturated carbocycles. The third-order valence-corrected chi connectivity index (χ3v) is 13.6. The summed E-state index contributed by atoms with van der Waals surface area (Å²) < 4.78 is 0. The van der Waals surface area contributed by atoms with Crippen molar-refractivity contribution in [3.63, 3.8) is 0 Å². The fraction of sp³-hybridized carbons (Fsp3) is 0.286. The summed E-state index contributed by atoms with van der Waals surface area (Å²) in [6, 6.07) is 33.4. The molecule has 3 aromatic rings. The Morgan fingerprint density at radius 3 is 1.55 bits per heavy atom. The molecule has 0 bridgehead atoms. The minimum absolute atomic E-state index is 0.0550. The first-order valence-electron chi connectivity index (χ1n) is 11.1. The molecule has 1 unspecified atom stereocenters. The van der Waals surface area contributed by atoms with Crippen molar-refractivity contribution in [1.82, 2.24) is 5.01 Å². The van der Waals surface area contributed by atoms with E-state index in [1.165, 1.54) is 21.8 Å². The molecule has 0 radical (unpaired) electrons. The van der Waals surface area contributed by atoms with Gasteiger partial charge < -0.3 is 0 Å². The van der Waals surface area contributed by atoms with E-state index in [1.807, 2.05) is 0 Å². The van der Waals surface area contributed by atoms with Crippen molar-refractivity contribution in [3.8, 4) is 0 Å². The zero-order valence-electron chi connectivity index (χ0n) is 19.6. The van der Waals surface area contributed by atoms with Crippen LogP contribution in [0.15, 0.2) is 103 Å². The molecule has 0 aromatic heterocycles. The van der Waals surface area contributed by atoms with Crippen LogP contribution in [-0.2, 0) is 0 Å². The molecule has 0 aliphatic carbocycles. The summed E-state index contributed by atoms with van der Waals surface area (Å²) in [6.45, 7) is 12.0. The van der Waals surface area contributed by atoms with Gasteiger partial charge in [0.1, 0.15) is 0 Å². The molecule has 0 saturated heterocycles. The van der Waals surface area contributed by atoms with Gasteiger partial charge >= 0.3 is 0 Å². The van der Waals surface area contributed by atoms with Crippen LogP contribution >= 0.6 is 0 Å². The summed E-state index contributed by atoms with van der Waals surface area (Å²) in [5.41, 5.74) is 2.52.